The zero-order valence-electron chi connectivity index (χ0n) is 14.9. The Hall–Kier alpha value is -3.33. The quantitative estimate of drug-likeness (QED) is 0.536. The summed E-state index contributed by atoms with van der Waals surface area (Å²) < 4.78 is 45.4. The third kappa shape index (κ3) is 3.44. The van der Waals surface area contributed by atoms with E-state index in [2.05, 4.69) is 0 Å². The Bertz CT molecular complexity index is 1100. The van der Waals surface area contributed by atoms with Crippen molar-refractivity contribution in [3.8, 4) is 11.3 Å². The molecule has 150 valence electrons. The van der Waals surface area contributed by atoms with Crippen LogP contribution in [-0.2, 0) is 10.9 Å². The van der Waals surface area contributed by atoms with Crippen LogP contribution in [0.4, 0.5) is 23.7 Å². The number of amides is 1. The van der Waals surface area contributed by atoms with E-state index in [1.54, 1.807) is 18.2 Å². The second-order valence-electron chi connectivity index (χ2n) is 6.64. The van der Waals surface area contributed by atoms with Gasteiger partial charge in [-0.25, -0.2) is 4.79 Å². The number of carbonyl (C=O) groups excluding carboxylic acids is 1. The molecule has 2 heterocycles. The largest absolute Gasteiger partial charge is 0.618 e. The first-order chi connectivity index (χ1) is 13.8. The van der Waals surface area contributed by atoms with Crippen molar-refractivity contribution in [3.63, 3.8) is 0 Å². The highest BCUT2D eigenvalue weighted by Gasteiger charge is 2.35. The Kier molecular flexibility index (Phi) is 4.54. The molecule has 0 saturated carbocycles. The fraction of sp³-hybridized carbons (Fsp3) is 0.200. The lowest BCUT2D eigenvalue weighted by Gasteiger charge is -2.15. The molecule has 1 unspecified atom stereocenters. The summed E-state index contributed by atoms with van der Waals surface area (Å²) in [5.74, 6) is 0. The summed E-state index contributed by atoms with van der Waals surface area (Å²) >= 11 is 0. The summed E-state index contributed by atoms with van der Waals surface area (Å²) in [6.07, 6.45) is -4.67. The second-order valence-corrected chi connectivity index (χ2v) is 6.64. The van der Waals surface area contributed by atoms with Crippen LogP contribution in [0.15, 0.2) is 54.7 Å². The van der Waals surface area contributed by atoms with Gasteiger partial charge in [0.15, 0.2) is 6.20 Å². The molecule has 3 aromatic rings. The molecule has 0 radical (unpaired) electrons. The predicted octanol–water partition coefficient (Wildman–Crippen LogP) is 3.48. The predicted molar refractivity (Wildman–Crippen MR) is 98.0 cm³/mol. The van der Waals surface area contributed by atoms with E-state index in [4.69, 9.17) is 9.84 Å². The maximum atomic E-state index is 13.3. The highest BCUT2D eigenvalue weighted by molar-refractivity contribution is 5.94. The summed E-state index contributed by atoms with van der Waals surface area (Å²) in [6, 6.07) is 11.1. The molecule has 1 N–H and O–H groups in total. The molecule has 1 fully saturated rings. The van der Waals surface area contributed by atoms with Crippen LogP contribution in [0.3, 0.4) is 0 Å². The number of aromatic nitrogens is 1. The number of alkyl halides is 3. The molecule has 1 saturated heterocycles. The number of carbonyl (C=O) groups is 1. The molecule has 4 rings (SSSR count). The van der Waals surface area contributed by atoms with E-state index in [-0.39, 0.29) is 24.4 Å². The number of benzene rings is 2. The average molecular weight is 404 g/mol. The normalized spacial score (nSPS) is 17.0. The van der Waals surface area contributed by atoms with Crippen molar-refractivity contribution in [2.75, 3.05) is 18.1 Å². The molecule has 1 atom stereocenters. The standard InChI is InChI=1S/C20H15F3N2O4/c21-20(22,23)17-4-2-1-3-16(17)18-8-12-5-6-14(7-13(12)9-25(18)28)24-10-15(11-26)29-19(24)27/h1-9,15,26H,10-11H2. The molecule has 0 spiro atoms. The molecule has 1 amide bonds. The molecule has 0 aliphatic carbocycles. The van der Waals surface area contributed by atoms with Gasteiger partial charge in [-0.1, -0.05) is 18.2 Å². The maximum Gasteiger partial charge on any atom is 0.417 e. The van der Waals surface area contributed by atoms with Crippen molar-refractivity contribution in [2.24, 2.45) is 0 Å². The molecular formula is C20H15F3N2O4. The summed E-state index contributed by atoms with van der Waals surface area (Å²) in [5.41, 5.74) is -0.772. The van der Waals surface area contributed by atoms with Gasteiger partial charge in [0.1, 0.15) is 6.10 Å². The number of nitrogens with zero attached hydrogens (tertiary/aromatic N) is 2. The average Bonchev–Trinajstić information content (AvgIpc) is 3.07. The first-order valence-corrected chi connectivity index (χ1v) is 8.70. The van der Waals surface area contributed by atoms with E-state index in [9.17, 15) is 23.2 Å². The Balaban J connectivity index is 1.78. The Morgan fingerprint density at radius 3 is 2.62 bits per heavy atom. The number of rotatable bonds is 3. The fourth-order valence-electron chi connectivity index (χ4n) is 3.36. The van der Waals surface area contributed by atoms with E-state index in [0.29, 0.717) is 21.2 Å². The van der Waals surface area contributed by atoms with Crippen LogP contribution >= 0.6 is 0 Å². The van der Waals surface area contributed by atoms with Gasteiger partial charge >= 0.3 is 12.3 Å². The van der Waals surface area contributed by atoms with Gasteiger partial charge in [-0.05, 0) is 29.7 Å². The summed E-state index contributed by atoms with van der Waals surface area (Å²) in [4.78, 5) is 13.3. The number of aliphatic hydroxyl groups is 1. The van der Waals surface area contributed by atoms with Crippen molar-refractivity contribution >= 4 is 22.6 Å². The highest BCUT2D eigenvalue weighted by Crippen LogP contribution is 2.36. The summed E-state index contributed by atoms with van der Waals surface area (Å²) in [6.45, 7) is -0.145. The molecule has 1 aromatic heterocycles. The van der Waals surface area contributed by atoms with E-state index >= 15 is 0 Å². The van der Waals surface area contributed by atoms with Gasteiger partial charge in [0, 0.05) is 17.1 Å². The lowest BCUT2D eigenvalue weighted by atomic mass is 10.0. The van der Waals surface area contributed by atoms with E-state index in [0.717, 1.165) is 6.07 Å². The number of fused-ring (bicyclic) bond motifs is 1. The molecule has 29 heavy (non-hydrogen) atoms. The van der Waals surface area contributed by atoms with Crippen molar-refractivity contribution in [3.05, 3.63) is 65.5 Å². The van der Waals surface area contributed by atoms with Gasteiger partial charge < -0.3 is 15.1 Å². The number of aliphatic hydroxyl groups excluding tert-OH is 1. The first-order valence-electron chi connectivity index (χ1n) is 8.70. The number of hydrogen-bond acceptors (Lipinski definition) is 4. The van der Waals surface area contributed by atoms with E-state index < -0.39 is 23.9 Å². The number of anilines is 1. The maximum absolute atomic E-state index is 13.3. The van der Waals surface area contributed by atoms with Gasteiger partial charge in [0.2, 0.25) is 5.69 Å². The number of hydrogen-bond donors (Lipinski definition) is 1. The second kappa shape index (κ2) is 6.93. The molecule has 1 aliphatic heterocycles. The van der Waals surface area contributed by atoms with E-state index in [1.165, 1.54) is 35.4 Å². The lowest BCUT2D eigenvalue weighted by molar-refractivity contribution is -0.592. The smallest absolute Gasteiger partial charge is 0.417 e. The minimum absolute atomic E-state index is 0.126. The zero-order chi connectivity index (χ0) is 20.8. The number of halogens is 3. The minimum atomic E-state index is -4.60. The number of ether oxygens (including phenoxy) is 1. The molecule has 2 aromatic carbocycles. The fourth-order valence-corrected chi connectivity index (χ4v) is 3.36. The Labute approximate surface area is 162 Å². The van der Waals surface area contributed by atoms with Crippen LogP contribution < -0.4 is 9.63 Å². The topological polar surface area (TPSA) is 76.7 Å². The number of pyridine rings is 1. The molecule has 6 nitrogen and oxygen atoms in total. The monoisotopic (exact) mass is 404 g/mol. The van der Waals surface area contributed by atoms with Gasteiger partial charge in [-0.2, -0.15) is 17.9 Å². The van der Waals surface area contributed by atoms with E-state index in [1.807, 2.05) is 0 Å². The highest BCUT2D eigenvalue weighted by atomic mass is 19.4. The van der Waals surface area contributed by atoms with Crippen LogP contribution in [0.1, 0.15) is 5.56 Å². The summed E-state index contributed by atoms with van der Waals surface area (Å²) in [7, 11) is 0. The van der Waals surface area contributed by atoms with Crippen molar-refractivity contribution < 1.29 is 32.5 Å². The molecular weight excluding hydrogens is 389 g/mol. The van der Waals surface area contributed by atoms with Gasteiger partial charge in [0.25, 0.3) is 0 Å². The van der Waals surface area contributed by atoms with Crippen LogP contribution in [0, 0.1) is 5.21 Å². The van der Waals surface area contributed by atoms with Crippen LogP contribution in [-0.4, -0.2) is 30.5 Å². The van der Waals surface area contributed by atoms with Crippen LogP contribution in [0.5, 0.6) is 0 Å². The van der Waals surface area contributed by atoms with Gasteiger partial charge in [-0.15, -0.1) is 0 Å². The van der Waals surface area contributed by atoms with Crippen LogP contribution in [0.25, 0.3) is 22.0 Å². The molecule has 0 bridgehead atoms. The lowest BCUT2D eigenvalue weighted by Crippen LogP contribution is -2.29. The Morgan fingerprint density at radius 2 is 1.93 bits per heavy atom. The zero-order valence-corrected chi connectivity index (χ0v) is 14.9. The third-order valence-corrected chi connectivity index (χ3v) is 4.75. The van der Waals surface area contributed by atoms with Crippen LogP contribution in [0.2, 0.25) is 0 Å². The third-order valence-electron chi connectivity index (χ3n) is 4.75. The van der Waals surface area contributed by atoms with Gasteiger partial charge in [0.05, 0.1) is 24.3 Å². The molecule has 9 heteroatoms. The Morgan fingerprint density at radius 1 is 1.17 bits per heavy atom. The van der Waals surface area contributed by atoms with Crippen molar-refractivity contribution in [2.45, 2.75) is 12.3 Å². The summed E-state index contributed by atoms with van der Waals surface area (Å²) in [5, 5.41) is 22.7. The van der Waals surface area contributed by atoms with Crippen molar-refractivity contribution in [1.29, 1.82) is 0 Å². The number of cyclic esters (lactones) is 1. The first kappa shape index (κ1) is 19.0. The van der Waals surface area contributed by atoms with Gasteiger partial charge in [-0.3, -0.25) is 4.90 Å². The molecule has 1 aliphatic rings. The SMILES string of the molecule is O=C1OC(CO)CN1c1ccc2cc(-c3ccccc3C(F)(F)F)[n+]([O-])cc2c1. The minimum Gasteiger partial charge on any atom is -0.618 e. The van der Waals surface area contributed by atoms with Crippen molar-refractivity contribution in [1.82, 2.24) is 0 Å².